The number of amides is 1. The van der Waals surface area contributed by atoms with Gasteiger partial charge < -0.3 is 10.6 Å². The number of aromatic nitrogens is 2. The molecule has 1 saturated carbocycles. The van der Waals surface area contributed by atoms with Gasteiger partial charge in [0.25, 0.3) is 5.91 Å². The zero-order chi connectivity index (χ0) is 24.2. The highest BCUT2D eigenvalue weighted by atomic mass is 32.2. The van der Waals surface area contributed by atoms with E-state index in [0.29, 0.717) is 35.1 Å². The monoisotopic (exact) mass is 485 g/mol. The molecular weight excluding hydrogens is 462 g/mol. The lowest BCUT2D eigenvalue weighted by Crippen LogP contribution is -2.27. The van der Waals surface area contributed by atoms with E-state index >= 15 is 0 Å². The number of hydrogen-bond donors (Lipinski definition) is 2. The van der Waals surface area contributed by atoms with Crippen LogP contribution in [-0.4, -0.2) is 35.2 Å². The number of fused-ring (bicyclic) bond motifs is 2. The highest BCUT2D eigenvalue weighted by Crippen LogP contribution is 2.33. The molecule has 6 rings (SSSR count). The second-order valence-corrected chi connectivity index (χ2v) is 10.7. The average molecular weight is 486 g/mol. The molecule has 1 aromatic heterocycles. The number of nitrogens with two attached hydrogens (primary N) is 1. The van der Waals surface area contributed by atoms with E-state index in [1.165, 1.54) is 0 Å². The minimum absolute atomic E-state index is 0.00477. The topological polar surface area (TPSA) is 118 Å². The van der Waals surface area contributed by atoms with Crippen LogP contribution in [0.1, 0.15) is 34.5 Å². The zero-order valence-corrected chi connectivity index (χ0v) is 19.6. The summed E-state index contributed by atoms with van der Waals surface area (Å²) in [5.74, 6) is -0.226. The third-order valence-electron chi connectivity index (χ3n) is 6.43. The van der Waals surface area contributed by atoms with Crippen LogP contribution in [-0.2, 0) is 23.1 Å². The molecule has 0 radical (unpaired) electrons. The lowest BCUT2D eigenvalue weighted by molar-refractivity contribution is 0.0747. The van der Waals surface area contributed by atoms with Crippen molar-refractivity contribution in [2.24, 2.45) is 0 Å². The molecule has 1 fully saturated rings. The second-order valence-electron chi connectivity index (χ2n) is 8.98. The number of benzene rings is 3. The van der Waals surface area contributed by atoms with Gasteiger partial charge in [0.15, 0.2) is 0 Å². The molecule has 3 aromatic carbocycles. The maximum absolute atomic E-state index is 13.6. The minimum Gasteiger partial charge on any atom is -0.368 e. The molecule has 2 aliphatic rings. The first kappa shape index (κ1) is 21.7. The molecule has 9 heteroatoms. The van der Waals surface area contributed by atoms with Gasteiger partial charge in [-0.1, -0.05) is 48.5 Å². The molecule has 4 aromatic rings. The summed E-state index contributed by atoms with van der Waals surface area (Å²) < 4.78 is 28.8. The maximum atomic E-state index is 13.6. The van der Waals surface area contributed by atoms with Crippen LogP contribution in [0, 0.1) is 0 Å². The summed E-state index contributed by atoms with van der Waals surface area (Å²) >= 11 is 0. The number of carbonyl (C=O) groups is 1. The summed E-state index contributed by atoms with van der Waals surface area (Å²) in [6.07, 6.45) is 1.70. The van der Waals surface area contributed by atoms with Crippen LogP contribution >= 0.6 is 0 Å². The lowest BCUT2D eigenvalue weighted by Gasteiger charge is -2.17. The van der Waals surface area contributed by atoms with E-state index in [1.807, 2.05) is 24.3 Å². The summed E-state index contributed by atoms with van der Waals surface area (Å²) in [7, 11) is -3.68. The first-order chi connectivity index (χ1) is 16.9. The van der Waals surface area contributed by atoms with Crippen LogP contribution in [0.25, 0.3) is 22.0 Å². The van der Waals surface area contributed by atoms with E-state index in [9.17, 15) is 13.2 Å². The van der Waals surface area contributed by atoms with Gasteiger partial charge in [0.05, 0.1) is 10.4 Å². The molecule has 8 nitrogen and oxygen atoms in total. The molecule has 1 aliphatic carbocycles. The van der Waals surface area contributed by atoms with Crippen LogP contribution in [0.4, 0.5) is 5.95 Å². The summed E-state index contributed by atoms with van der Waals surface area (Å²) in [6, 6.07) is 20.1. The number of sulfonamides is 1. The largest absolute Gasteiger partial charge is 0.368 e. The summed E-state index contributed by atoms with van der Waals surface area (Å²) in [5, 5.41) is 0.528. The van der Waals surface area contributed by atoms with E-state index in [1.54, 1.807) is 47.4 Å². The van der Waals surface area contributed by atoms with Crippen molar-refractivity contribution in [1.29, 1.82) is 0 Å². The minimum atomic E-state index is -3.68. The Balaban J connectivity index is 1.43. The molecule has 35 heavy (non-hydrogen) atoms. The van der Waals surface area contributed by atoms with Crippen molar-refractivity contribution in [3.8, 4) is 11.1 Å². The first-order valence-electron chi connectivity index (χ1n) is 11.4. The predicted molar refractivity (Wildman–Crippen MR) is 133 cm³/mol. The van der Waals surface area contributed by atoms with Crippen molar-refractivity contribution < 1.29 is 13.2 Å². The molecule has 176 valence electrons. The van der Waals surface area contributed by atoms with Crippen LogP contribution in [0.15, 0.2) is 71.6 Å². The molecule has 0 spiro atoms. The first-order valence-corrected chi connectivity index (χ1v) is 12.9. The van der Waals surface area contributed by atoms with Gasteiger partial charge in [-0.05, 0) is 47.7 Å². The van der Waals surface area contributed by atoms with Crippen molar-refractivity contribution >= 4 is 32.8 Å². The molecule has 0 saturated heterocycles. The van der Waals surface area contributed by atoms with E-state index in [-0.39, 0.29) is 28.5 Å². The molecule has 2 heterocycles. The highest BCUT2D eigenvalue weighted by molar-refractivity contribution is 7.89. The van der Waals surface area contributed by atoms with Crippen LogP contribution in [0.2, 0.25) is 0 Å². The Morgan fingerprint density at radius 3 is 2.34 bits per heavy atom. The van der Waals surface area contributed by atoms with Crippen molar-refractivity contribution in [2.45, 2.75) is 36.9 Å². The number of nitrogens with zero attached hydrogens (tertiary/aromatic N) is 3. The van der Waals surface area contributed by atoms with Crippen LogP contribution < -0.4 is 10.5 Å². The Labute approximate surface area is 202 Å². The molecule has 1 aliphatic heterocycles. The number of nitrogens with one attached hydrogen (secondary N) is 1. The molecule has 0 atom stereocenters. The fourth-order valence-electron chi connectivity index (χ4n) is 4.53. The van der Waals surface area contributed by atoms with Gasteiger partial charge in [-0.25, -0.2) is 23.1 Å². The van der Waals surface area contributed by atoms with Crippen LogP contribution in [0.3, 0.4) is 0 Å². The van der Waals surface area contributed by atoms with Crippen molar-refractivity contribution in [3.05, 3.63) is 83.6 Å². The standard InChI is InChI=1S/C26H23N5O3S/c27-26-28-22-12-9-16(20-7-3-4-8-23(20)35(33,34)30-19-10-11-19)13-21(22)24(29-26)25(32)31-14-17-5-1-2-6-18(17)15-31/h1-9,12-13,19,30H,10-11,14-15H2,(H2,27,28,29). The lowest BCUT2D eigenvalue weighted by atomic mass is 10.0. The van der Waals surface area contributed by atoms with Gasteiger partial charge in [0, 0.05) is 30.1 Å². The van der Waals surface area contributed by atoms with Crippen molar-refractivity contribution in [3.63, 3.8) is 0 Å². The van der Waals surface area contributed by atoms with Crippen molar-refractivity contribution in [1.82, 2.24) is 19.6 Å². The van der Waals surface area contributed by atoms with Gasteiger partial charge in [-0.2, -0.15) is 0 Å². The third kappa shape index (κ3) is 4.02. The van der Waals surface area contributed by atoms with Crippen molar-refractivity contribution in [2.75, 3.05) is 5.73 Å². The summed E-state index contributed by atoms with van der Waals surface area (Å²) in [6.45, 7) is 0.988. The van der Waals surface area contributed by atoms with Gasteiger partial charge in [-0.3, -0.25) is 4.79 Å². The average Bonchev–Trinajstić information content (AvgIpc) is 3.55. The number of hydrogen-bond acceptors (Lipinski definition) is 6. The normalized spacial score (nSPS) is 15.4. The van der Waals surface area contributed by atoms with Gasteiger partial charge in [0.2, 0.25) is 16.0 Å². The second kappa shape index (κ2) is 8.14. The van der Waals surface area contributed by atoms with Crippen LogP contribution in [0.5, 0.6) is 0 Å². The number of anilines is 1. The molecule has 0 unspecified atom stereocenters. The van der Waals surface area contributed by atoms with E-state index in [2.05, 4.69) is 14.7 Å². The van der Waals surface area contributed by atoms with Gasteiger partial charge >= 0.3 is 0 Å². The SMILES string of the molecule is Nc1nc(C(=O)N2Cc3ccccc3C2)c2cc(-c3ccccc3S(=O)(=O)NC3CC3)ccc2n1. The zero-order valence-electron chi connectivity index (χ0n) is 18.8. The van der Waals surface area contributed by atoms with E-state index in [4.69, 9.17) is 5.73 Å². The molecule has 0 bridgehead atoms. The third-order valence-corrected chi connectivity index (χ3v) is 8.01. The highest BCUT2D eigenvalue weighted by Gasteiger charge is 2.30. The Morgan fingerprint density at radius 1 is 0.943 bits per heavy atom. The quantitative estimate of drug-likeness (QED) is 0.447. The Bertz CT molecular complexity index is 1570. The number of carbonyl (C=O) groups excluding carboxylic acids is 1. The summed E-state index contributed by atoms with van der Waals surface area (Å²) in [4.78, 5) is 24.1. The number of nitrogen functional groups attached to an aromatic ring is 1. The summed E-state index contributed by atoms with van der Waals surface area (Å²) in [5.41, 5.74) is 10.1. The van der Waals surface area contributed by atoms with Gasteiger partial charge in [0.1, 0.15) is 5.69 Å². The number of rotatable bonds is 5. The molecule has 3 N–H and O–H groups in total. The Kier molecular flexibility index (Phi) is 5.05. The van der Waals surface area contributed by atoms with E-state index < -0.39 is 10.0 Å². The van der Waals surface area contributed by atoms with Gasteiger partial charge in [-0.15, -0.1) is 0 Å². The Morgan fingerprint density at radius 2 is 1.63 bits per heavy atom. The fourth-order valence-corrected chi connectivity index (χ4v) is 6.06. The molecule has 1 amide bonds. The smallest absolute Gasteiger partial charge is 0.273 e. The molecular formula is C26H23N5O3S. The Hall–Kier alpha value is -3.82. The van der Waals surface area contributed by atoms with E-state index in [0.717, 1.165) is 24.0 Å². The predicted octanol–water partition coefficient (Wildman–Crippen LogP) is 3.48. The fraction of sp³-hybridized carbons (Fsp3) is 0.192. The maximum Gasteiger partial charge on any atom is 0.273 e.